The number of nitrogens with two attached hydrogens (primary N) is 1. The molecule has 0 bridgehead atoms. The first-order chi connectivity index (χ1) is 12.2. The third-order valence-corrected chi connectivity index (χ3v) is 5.89. The van der Waals surface area contributed by atoms with Crippen LogP contribution in [0.15, 0.2) is 36.5 Å². The lowest BCUT2D eigenvalue weighted by atomic mass is 9.98. The fourth-order valence-electron chi connectivity index (χ4n) is 4.50. The molecule has 5 heteroatoms. The second kappa shape index (κ2) is 6.64. The van der Waals surface area contributed by atoms with Gasteiger partial charge in [0.1, 0.15) is 0 Å². The smallest absolute Gasteiger partial charge is 0.257 e. The third-order valence-electron chi connectivity index (χ3n) is 5.89. The molecule has 4 rings (SSSR count). The minimum atomic E-state index is 0.123. The van der Waals surface area contributed by atoms with Crippen LogP contribution in [0.5, 0.6) is 0 Å². The number of hydrogen-bond donors (Lipinski definition) is 1. The Morgan fingerprint density at radius 1 is 1.24 bits per heavy atom. The van der Waals surface area contributed by atoms with E-state index in [-0.39, 0.29) is 11.9 Å². The highest BCUT2D eigenvalue weighted by atomic mass is 16.2. The minimum absolute atomic E-state index is 0.123. The first-order valence-corrected chi connectivity index (χ1v) is 9.30. The summed E-state index contributed by atoms with van der Waals surface area (Å²) in [7, 11) is 0. The number of likely N-dealkylation sites (tertiary alicyclic amines) is 1. The summed E-state index contributed by atoms with van der Waals surface area (Å²) >= 11 is 0. The fourth-order valence-corrected chi connectivity index (χ4v) is 4.50. The molecule has 25 heavy (non-hydrogen) atoms. The van der Waals surface area contributed by atoms with Crippen LogP contribution in [0.25, 0.3) is 0 Å². The molecule has 2 aromatic rings. The van der Waals surface area contributed by atoms with Crippen molar-refractivity contribution in [2.24, 2.45) is 17.6 Å². The van der Waals surface area contributed by atoms with Crippen LogP contribution < -0.4 is 5.73 Å². The second-order valence-electron chi connectivity index (χ2n) is 7.38. The number of hydrogen-bond acceptors (Lipinski definition) is 3. The summed E-state index contributed by atoms with van der Waals surface area (Å²) < 4.78 is 1.96. The third kappa shape index (κ3) is 2.97. The van der Waals surface area contributed by atoms with Gasteiger partial charge in [0.15, 0.2) is 0 Å². The lowest BCUT2D eigenvalue weighted by Gasteiger charge is -2.19. The molecule has 1 aromatic heterocycles. The number of fused-ring (bicyclic) bond motifs is 1. The standard InChI is InChI=1S/C20H26N4O/c1-2-19-16(10-22-24(19)11-14-6-4-3-5-7-14)20(25)23-12-15-8-9-18(21)17(15)13-23/h3-7,10,15,17-18H,2,8-9,11-13,21H2,1H3. The van der Waals surface area contributed by atoms with Gasteiger partial charge in [0.25, 0.3) is 5.91 Å². The van der Waals surface area contributed by atoms with E-state index in [1.807, 2.05) is 27.8 Å². The highest BCUT2D eigenvalue weighted by molar-refractivity contribution is 5.95. The van der Waals surface area contributed by atoms with Crippen molar-refractivity contribution in [2.75, 3.05) is 13.1 Å². The van der Waals surface area contributed by atoms with E-state index in [0.717, 1.165) is 43.6 Å². The Balaban J connectivity index is 1.53. The quantitative estimate of drug-likeness (QED) is 0.930. The summed E-state index contributed by atoms with van der Waals surface area (Å²) in [6.45, 7) is 4.44. The number of amides is 1. The van der Waals surface area contributed by atoms with E-state index in [1.165, 1.54) is 5.56 Å². The predicted molar refractivity (Wildman–Crippen MR) is 97.2 cm³/mol. The molecule has 0 spiro atoms. The predicted octanol–water partition coefficient (Wildman–Crippen LogP) is 2.30. The van der Waals surface area contributed by atoms with Crippen LogP contribution in [0.2, 0.25) is 0 Å². The van der Waals surface area contributed by atoms with Crippen LogP contribution in [0.3, 0.4) is 0 Å². The summed E-state index contributed by atoms with van der Waals surface area (Å²) in [5.74, 6) is 1.19. The molecule has 2 aliphatic rings. The van der Waals surface area contributed by atoms with Crippen LogP contribution in [-0.4, -0.2) is 39.7 Å². The van der Waals surface area contributed by atoms with E-state index < -0.39 is 0 Å². The monoisotopic (exact) mass is 338 g/mol. The van der Waals surface area contributed by atoms with Crippen molar-refractivity contribution in [1.82, 2.24) is 14.7 Å². The van der Waals surface area contributed by atoms with E-state index in [4.69, 9.17) is 5.73 Å². The van der Waals surface area contributed by atoms with Gasteiger partial charge in [0.05, 0.1) is 24.0 Å². The van der Waals surface area contributed by atoms with Gasteiger partial charge in [-0.25, -0.2) is 0 Å². The Labute approximate surface area is 148 Å². The topological polar surface area (TPSA) is 64.2 Å². The largest absolute Gasteiger partial charge is 0.338 e. The van der Waals surface area contributed by atoms with Crippen LogP contribution in [-0.2, 0) is 13.0 Å². The van der Waals surface area contributed by atoms with Gasteiger partial charge in [-0.05, 0) is 36.7 Å². The van der Waals surface area contributed by atoms with Crippen molar-refractivity contribution in [3.63, 3.8) is 0 Å². The summed E-state index contributed by atoms with van der Waals surface area (Å²) in [5.41, 5.74) is 9.19. The van der Waals surface area contributed by atoms with Gasteiger partial charge in [0, 0.05) is 19.1 Å². The summed E-state index contributed by atoms with van der Waals surface area (Å²) in [6, 6.07) is 10.5. The SMILES string of the molecule is CCc1c(C(=O)N2CC3CCC(N)C3C2)cnn1Cc1ccccc1. The number of aromatic nitrogens is 2. The van der Waals surface area contributed by atoms with E-state index in [2.05, 4.69) is 24.2 Å². The lowest BCUT2D eigenvalue weighted by Crippen LogP contribution is -2.33. The molecule has 1 aliphatic carbocycles. The molecule has 132 valence electrons. The summed E-state index contributed by atoms with van der Waals surface area (Å²) in [4.78, 5) is 15.1. The van der Waals surface area contributed by atoms with Crippen molar-refractivity contribution in [2.45, 2.75) is 38.8 Å². The molecule has 0 radical (unpaired) electrons. The molecule has 1 saturated carbocycles. The molecule has 1 aromatic carbocycles. The Morgan fingerprint density at radius 2 is 2.04 bits per heavy atom. The average molecular weight is 338 g/mol. The maximum absolute atomic E-state index is 13.1. The molecule has 3 unspecified atom stereocenters. The van der Waals surface area contributed by atoms with Crippen LogP contribution in [0, 0.1) is 11.8 Å². The van der Waals surface area contributed by atoms with Crippen LogP contribution in [0.4, 0.5) is 0 Å². The maximum atomic E-state index is 13.1. The van der Waals surface area contributed by atoms with E-state index in [0.29, 0.717) is 18.4 Å². The molecule has 1 amide bonds. The van der Waals surface area contributed by atoms with Crippen molar-refractivity contribution in [1.29, 1.82) is 0 Å². The lowest BCUT2D eigenvalue weighted by molar-refractivity contribution is 0.0778. The molecule has 2 heterocycles. The summed E-state index contributed by atoms with van der Waals surface area (Å²) in [5, 5.41) is 4.51. The average Bonchev–Trinajstić information content (AvgIpc) is 3.31. The molecule has 1 aliphatic heterocycles. The van der Waals surface area contributed by atoms with E-state index >= 15 is 0 Å². The maximum Gasteiger partial charge on any atom is 0.257 e. The fraction of sp³-hybridized carbons (Fsp3) is 0.500. The van der Waals surface area contributed by atoms with Crippen LogP contribution >= 0.6 is 0 Å². The Bertz CT molecular complexity index is 754. The van der Waals surface area contributed by atoms with Gasteiger partial charge in [-0.3, -0.25) is 9.48 Å². The minimum Gasteiger partial charge on any atom is -0.338 e. The van der Waals surface area contributed by atoms with Gasteiger partial charge in [0.2, 0.25) is 0 Å². The number of rotatable bonds is 4. The highest BCUT2D eigenvalue weighted by Gasteiger charge is 2.43. The Hall–Kier alpha value is -2.14. The highest BCUT2D eigenvalue weighted by Crippen LogP contribution is 2.37. The first-order valence-electron chi connectivity index (χ1n) is 9.30. The van der Waals surface area contributed by atoms with Gasteiger partial charge in [-0.2, -0.15) is 5.10 Å². The molecule has 5 nitrogen and oxygen atoms in total. The Kier molecular flexibility index (Phi) is 4.34. The van der Waals surface area contributed by atoms with Crippen molar-refractivity contribution >= 4 is 5.91 Å². The van der Waals surface area contributed by atoms with Crippen LogP contribution in [0.1, 0.15) is 41.4 Å². The number of benzene rings is 1. The van der Waals surface area contributed by atoms with Crippen molar-refractivity contribution in [3.8, 4) is 0 Å². The Morgan fingerprint density at radius 3 is 2.76 bits per heavy atom. The van der Waals surface area contributed by atoms with Gasteiger partial charge < -0.3 is 10.6 Å². The number of carbonyl (C=O) groups excluding carboxylic acids is 1. The normalized spacial score (nSPS) is 25.4. The zero-order chi connectivity index (χ0) is 17.4. The van der Waals surface area contributed by atoms with E-state index in [9.17, 15) is 4.79 Å². The molecule has 2 N–H and O–H groups in total. The number of nitrogens with zero attached hydrogens (tertiary/aromatic N) is 3. The summed E-state index contributed by atoms with van der Waals surface area (Å²) in [6.07, 6.45) is 4.81. The number of carbonyl (C=O) groups is 1. The second-order valence-corrected chi connectivity index (χ2v) is 7.38. The molecular formula is C20H26N4O. The van der Waals surface area contributed by atoms with Gasteiger partial charge >= 0.3 is 0 Å². The molecular weight excluding hydrogens is 312 g/mol. The van der Waals surface area contributed by atoms with Gasteiger partial charge in [-0.15, -0.1) is 0 Å². The zero-order valence-corrected chi connectivity index (χ0v) is 14.8. The molecule has 1 saturated heterocycles. The first kappa shape index (κ1) is 16.3. The van der Waals surface area contributed by atoms with Gasteiger partial charge in [-0.1, -0.05) is 37.3 Å². The zero-order valence-electron chi connectivity index (χ0n) is 14.8. The molecule has 3 atom stereocenters. The van der Waals surface area contributed by atoms with E-state index in [1.54, 1.807) is 6.20 Å². The van der Waals surface area contributed by atoms with Crippen molar-refractivity contribution in [3.05, 3.63) is 53.3 Å². The van der Waals surface area contributed by atoms with Crippen molar-refractivity contribution < 1.29 is 4.79 Å². The molecule has 2 fully saturated rings.